The monoisotopic (exact) mass is 329 g/mol. The lowest BCUT2D eigenvalue weighted by Crippen LogP contribution is -2.41. The second kappa shape index (κ2) is 6.45. The molecule has 0 heterocycles. The van der Waals surface area contributed by atoms with Gasteiger partial charge in [-0.2, -0.15) is 5.26 Å². The lowest BCUT2D eigenvalue weighted by atomic mass is 9.66. The maximum Gasteiger partial charge on any atom is 0.161 e. The summed E-state index contributed by atoms with van der Waals surface area (Å²) in [7, 11) is 1.60. The first kappa shape index (κ1) is 16.8. The molecule has 3 rings (SSSR count). The fourth-order valence-electron chi connectivity index (χ4n) is 3.27. The van der Waals surface area contributed by atoms with Gasteiger partial charge in [-0.1, -0.05) is 6.07 Å². The highest BCUT2D eigenvalue weighted by Gasteiger charge is 2.43. The van der Waals surface area contributed by atoms with Gasteiger partial charge in [-0.25, -0.2) is 0 Å². The van der Waals surface area contributed by atoms with Gasteiger partial charge in [0.25, 0.3) is 0 Å². The molecule has 2 aliphatic carbocycles. The third-order valence-corrected chi connectivity index (χ3v) is 5.29. The molecule has 1 aromatic carbocycles. The fourth-order valence-corrected chi connectivity index (χ4v) is 3.27. The van der Waals surface area contributed by atoms with E-state index in [-0.39, 0.29) is 0 Å². The second-order valence-electron chi connectivity index (χ2n) is 7.04. The number of carbonyl (C=O) groups excluding carboxylic acids is 1. The molecule has 2 aliphatic rings. The van der Waals surface area contributed by atoms with Gasteiger partial charge in [0.1, 0.15) is 5.60 Å². The van der Waals surface area contributed by atoms with Crippen LogP contribution in [-0.4, -0.2) is 30.7 Å². The van der Waals surface area contributed by atoms with Crippen molar-refractivity contribution in [2.75, 3.05) is 13.7 Å². The number of aldehydes is 1. The zero-order valence-electron chi connectivity index (χ0n) is 14.0. The topological polar surface area (TPSA) is 79.5 Å². The van der Waals surface area contributed by atoms with Crippen LogP contribution in [0.15, 0.2) is 18.2 Å². The SMILES string of the molecule is COc1ccc(C2(C#N)CCC(O)(C=O)CC2)cc1OCC1CC1. The Hall–Kier alpha value is -2.06. The highest BCUT2D eigenvalue weighted by molar-refractivity contribution is 5.62. The summed E-state index contributed by atoms with van der Waals surface area (Å²) in [6.07, 6.45) is 4.51. The minimum absolute atomic E-state index is 0.300. The van der Waals surface area contributed by atoms with Gasteiger partial charge in [0.2, 0.25) is 0 Å². The highest BCUT2D eigenvalue weighted by Crippen LogP contribution is 2.44. The Morgan fingerprint density at radius 3 is 2.54 bits per heavy atom. The number of nitriles is 1. The molecule has 0 radical (unpaired) electrons. The predicted octanol–water partition coefficient (Wildman–Crippen LogP) is 2.75. The van der Waals surface area contributed by atoms with Crippen molar-refractivity contribution in [1.29, 1.82) is 5.26 Å². The van der Waals surface area contributed by atoms with Crippen LogP contribution in [0.4, 0.5) is 0 Å². The van der Waals surface area contributed by atoms with E-state index in [1.165, 1.54) is 12.8 Å². The van der Waals surface area contributed by atoms with E-state index < -0.39 is 11.0 Å². The minimum atomic E-state index is -1.29. The molecule has 24 heavy (non-hydrogen) atoms. The molecule has 2 saturated carbocycles. The van der Waals surface area contributed by atoms with E-state index in [2.05, 4.69) is 6.07 Å². The predicted molar refractivity (Wildman–Crippen MR) is 88.0 cm³/mol. The maximum atomic E-state index is 11.0. The number of hydrogen-bond acceptors (Lipinski definition) is 5. The Labute approximate surface area is 142 Å². The van der Waals surface area contributed by atoms with Crippen LogP contribution in [0.5, 0.6) is 11.5 Å². The summed E-state index contributed by atoms with van der Waals surface area (Å²) in [4.78, 5) is 11.0. The van der Waals surface area contributed by atoms with Crippen molar-refractivity contribution in [2.45, 2.75) is 49.5 Å². The smallest absolute Gasteiger partial charge is 0.161 e. The summed E-state index contributed by atoms with van der Waals surface area (Å²) in [6, 6.07) is 8.02. The number of hydrogen-bond donors (Lipinski definition) is 1. The molecule has 0 bridgehead atoms. The Balaban J connectivity index is 1.85. The minimum Gasteiger partial charge on any atom is -0.493 e. The molecule has 0 atom stereocenters. The van der Waals surface area contributed by atoms with E-state index in [0.29, 0.717) is 56.0 Å². The molecule has 0 aromatic heterocycles. The Morgan fingerprint density at radius 2 is 2.00 bits per heavy atom. The molecule has 0 spiro atoms. The van der Waals surface area contributed by atoms with Crippen LogP contribution in [-0.2, 0) is 10.2 Å². The Bertz CT molecular complexity index is 652. The van der Waals surface area contributed by atoms with Gasteiger partial charge in [-0.3, -0.25) is 0 Å². The number of benzene rings is 1. The third kappa shape index (κ3) is 3.25. The zero-order chi connectivity index (χ0) is 17.2. The Kier molecular flexibility index (Phi) is 4.51. The first-order chi connectivity index (χ1) is 11.5. The van der Waals surface area contributed by atoms with Crippen LogP contribution in [0.1, 0.15) is 44.1 Å². The van der Waals surface area contributed by atoms with E-state index >= 15 is 0 Å². The van der Waals surface area contributed by atoms with Crippen molar-refractivity contribution < 1.29 is 19.4 Å². The maximum absolute atomic E-state index is 11.0. The van der Waals surface area contributed by atoms with Gasteiger partial charge >= 0.3 is 0 Å². The molecule has 5 heteroatoms. The summed E-state index contributed by atoms with van der Waals surface area (Å²) in [5, 5.41) is 19.9. The van der Waals surface area contributed by atoms with Crippen LogP contribution >= 0.6 is 0 Å². The van der Waals surface area contributed by atoms with Gasteiger partial charge in [0.05, 0.1) is 25.2 Å². The average Bonchev–Trinajstić information content (AvgIpc) is 3.45. The van der Waals surface area contributed by atoms with Crippen LogP contribution in [0.3, 0.4) is 0 Å². The standard InChI is InChI=1S/C19H23NO4/c1-23-16-5-4-15(10-17(16)24-11-14-2-3-14)18(12-20)6-8-19(22,13-21)9-7-18/h4-5,10,13-14,22H,2-3,6-9,11H2,1H3. The lowest BCUT2D eigenvalue weighted by molar-refractivity contribution is -0.127. The van der Waals surface area contributed by atoms with Gasteiger partial charge < -0.3 is 19.4 Å². The summed E-state index contributed by atoms with van der Waals surface area (Å²) < 4.78 is 11.3. The normalized spacial score (nSPS) is 29.5. The first-order valence-electron chi connectivity index (χ1n) is 8.45. The summed E-state index contributed by atoms with van der Waals surface area (Å²) >= 11 is 0. The highest BCUT2D eigenvalue weighted by atomic mass is 16.5. The van der Waals surface area contributed by atoms with E-state index in [9.17, 15) is 15.2 Å². The molecule has 0 amide bonds. The quantitative estimate of drug-likeness (QED) is 0.812. The number of carbonyl (C=O) groups is 1. The molecule has 1 aromatic rings. The van der Waals surface area contributed by atoms with Crippen LogP contribution in [0.25, 0.3) is 0 Å². The molecule has 1 N–H and O–H groups in total. The van der Waals surface area contributed by atoms with E-state index in [1.54, 1.807) is 7.11 Å². The van der Waals surface area contributed by atoms with Crippen molar-refractivity contribution in [3.8, 4) is 17.6 Å². The number of methoxy groups -OCH3 is 1. The van der Waals surface area contributed by atoms with Crippen molar-refractivity contribution in [2.24, 2.45) is 5.92 Å². The number of nitrogens with zero attached hydrogens (tertiary/aromatic N) is 1. The number of ether oxygens (including phenoxy) is 2. The molecule has 5 nitrogen and oxygen atoms in total. The van der Waals surface area contributed by atoms with Gasteiger partial charge in [0, 0.05) is 0 Å². The second-order valence-corrected chi connectivity index (χ2v) is 7.04. The number of aliphatic hydroxyl groups is 1. The van der Waals surface area contributed by atoms with E-state index in [1.807, 2.05) is 18.2 Å². The molecule has 128 valence electrons. The van der Waals surface area contributed by atoms with Gasteiger partial charge in [-0.15, -0.1) is 0 Å². The molecule has 2 fully saturated rings. The van der Waals surface area contributed by atoms with Crippen LogP contribution < -0.4 is 9.47 Å². The summed E-state index contributed by atoms with van der Waals surface area (Å²) in [5.41, 5.74) is -1.12. The first-order valence-corrected chi connectivity index (χ1v) is 8.45. The Morgan fingerprint density at radius 1 is 1.29 bits per heavy atom. The third-order valence-electron chi connectivity index (χ3n) is 5.29. The summed E-state index contributed by atoms with van der Waals surface area (Å²) in [5.74, 6) is 1.95. The van der Waals surface area contributed by atoms with Crippen molar-refractivity contribution in [3.05, 3.63) is 23.8 Å². The van der Waals surface area contributed by atoms with Crippen molar-refractivity contribution in [1.82, 2.24) is 0 Å². The van der Waals surface area contributed by atoms with Crippen molar-refractivity contribution >= 4 is 6.29 Å². The van der Waals surface area contributed by atoms with Gasteiger partial charge in [-0.05, 0) is 62.1 Å². The zero-order valence-corrected chi connectivity index (χ0v) is 14.0. The largest absolute Gasteiger partial charge is 0.493 e. The average molecular weight is 329 g/mol. The summed E-state index contributed by atoms with van der Waals surface area (Å²) in [6.45, 7) is 0.671. The molecule has 0 unspecified atom stereocenters. The van der Waals surface area contributed by atoms with E-state index in [0.717, 1.165) is 5.56 Å². The van der Waals surface area contributed by atoms with Crippen LogP contribution in [0, 0.1) is 17.2 Å². The molecule has 0 aliphatic heterocycles. The van der Waals surface area contributed by atoms with Crippen LogP contribution in [0.2, 0.25) is 0 Å². The van der Waals surface area contributed by atoms with Crippen molar-refractivity contribution in [3.63, 3.8) is 0 Å². The molecular weight excluding hydrogens is 306 g/mol. The molecular formula is C19H23NO4. The fraction of sp³-hybridized carbons (Fsp3) is 0.579. The molecule has 0 saturated heterocycles. The van der Waals surface area contributed by atoms with E-state index in [4.69, 9.17) is 9.47 Å². The number of rotatable bonds is 6. The van der Waals surface area contributed by atoms with Gasteiger partial charge in [0.15, 0.2) is 17.8 Å². The lowest BCUT2D eigenvalue weighted by Gasteiger charge is -2.37.